The molecule has 1 aliphatic carbocycles. The molecule has 5 nitrogen and oxygen atoms in total. The third kappa shape index (κ3) is 3.98. The summed E-state index contributed by atoms with van der Waals surface area (Å²) in [6, 6.07) is 0.0912. The summed E-state index contributed by atoms with van der Waals surface area (Å²) < 4.78 is 0. The summed E-state index contributed by atoms with van der Waals surface area (Å²) in [6.45, 7) is 6.07. The maximum atomic E-state index is 11.5. The number of amides is 2. The second kappa shape index (κ2) is 6.73. The zero-order valence-corrected chi connectivity index (χ0v) is 11.6. The van der Waals surface area contributed by atoms with E-state index in [9.17, 15) is 9.59 Å². The van der Waals surface area contributed by atoms with Crippen molar-refractivity contribution in [2.45, 2.75) is 64.6 Å². The number of nitrogens with zero attached hydrogens (tertiary/aromatic N) is 1. The van der Waals surface area contributed by atoms with E-state index in [1.807, 2.05) is 11.8 Å². The van der Waals surface area contributed by atoms with Crippen LogP contribution in [-0.4, -0.2) is 41.4 Å². The molecule has 0 radical (unpaired) electrons. The molecule has 1 atom stereocenters. The van der Waals surface area contributed by atoms with Crippen LogP contribution in [0, 0.1) is 0 Å². The largest absolute Gasteiger partial charge is 0.352 e. The molecule has 0 saturated heterocycles. The van der Waals surface area contributed by atoms with Crippen LogP contribution in [-0.2, 0) is 9.59 Å². The van der Waals surface area contributed by atoms with Crippen LogP contribution in [0.25, 0.3) is 0 Å². The SMILES string of the molecule is CCN(C(C)=O)C1CCC(NC(=O)C(C)N)CC1. The maximum Gasteiger partial charge on any atom is 0.236 e. The molecule has 2 amide bonds. The van der Waals surface area contributed by atoms with Crippen LogP contribution in [0.1, 0.15) is 46.5 Å². The lowest BCUT2D eigenvalue weighted by atomic mass is 9.90. The Morgan fingerprint density at radius 2 is 1.89 bits per heavy atom. The minimum absolute atomic E-state index is 0.0858. The van der Waals surface area contributed by atoms with E-state index < -0.39 is 6.04 Å². The molecule has 18 heavy (non-hydrogen) atoms. The van der Waals surface area contributed by atoms with E-state index >= 15 is 0 Å². The normalized spacial score (nSPS) is 25.3. The Hall–Kier alpha value is -1.10. The third-order valence-electron chi connectivity index (χ3n) is 3.64. The van der Waals surface area contributed by atoms with Crippen LogP contribution in [0.4, 0.5) is 0 Å². The fourth-order valence-electron chi connectivity index (χ4n) is 2.60. The van der Waals surface area contributed by atoms with Crippen molar-refractivity contribution in [3.05, 3.63) is 0 Å². The molecule has 1 aliphatic rings. The molecule has 1 fully saturated rings. The number of nitrogens with two attached hydrogens (primary N) is 1. The first-order chi connectivity index (χ1) is 8.45. The van der Waals surface area contributed by atoms with Crippen molar-refractivity contribution in [2.75, 3.05) is 6.54 Å². The molecule has 0 aromatic carbocycles. The Labute approximate surface area is 109 Å². The van der Waals surface area contributed by atoms with E-state index in [0.29, 0.717) is 6.04 Å². The van der Waals surface area contributed by atoms with E-state index in [1.54, 1.807) is 13.8 Å². The molecule has 3 N–H and O–H groups in total. The summed E-state index contributed by atoms with van der Waals surface area (Å²) in [7, 11) is 0. The minimum atomic E-state index is -0.452. The summed E-state index contributed by atoms with van der Waals surface area (Å²) >= 11 is 0. The van der Waals surface area contributed by atoms with Gasteiger partial charge in [0.2, 0.25) is 11.8 Å². The van der Waals surface area contributed by atoms with E-state index in [0.717, 1.165) is 32.2 Å². The van der Waals surface area contributed by atoms with Gasteiger partial charge in [0.25, 0.3) is 0 Å². The maximum absolute atomic E-state index is 11.5. The monoisotopic (exact) mass is 255 g/mol. The van der Waals surface area contributed by atoms with Crippen LogP contribution >= 0.6 is 0 Å². The molecule has 5 heteroatoms. The zero-order valence-electron chi connectivity index (χ0n) is 11.6. The molecule has 0 heterocycles. The summed E-state index contributed by atoms with van der Waals surface area (Å²) in [5.41, 5.74) is 5.52. The van der Waals surface area contributed by atoms with Gasteiger partial charge in [-0.05, 0) is 39.5 Å². The van der Waals surface area contributed by atoms with E-state index in [1.165, 1.54) is 0 Å². The highest BCUT2D eigenvalue weighted by Crippen LogP contribution is 2.23. The van der Waals surface area contributed by atoms with Crippen molar-refractivity contribution in [1.82, 2.24) is 10.2 Å². The molecule has 104 valence electrons. The Morgan fingerprint density at radius 3 is 2.28 bits per heavy atom. The Morgan fingerprint density at radius 1 is 1.33 bits per heavy atom. The highest BCUT2D eigenvalue weighted by atomic mass is 16.2. The zero-order chi connectivity index (χ0) is 13.7. The van der Waals surface area contributed by atoms with Crippen LogP contribution < -0.4 is 11.1 Å². The topological polar surface area (TPSA) is 75.4 Å². The van der Waals surface area contributed by atoms with Gasteiger partial charge in [0, 0.05) is 25.6 Å². The molecule has 1 unspecified atom stereocenters. The van der Waals surface area contributed by atoms with E-state index in [4.69, 9.17) is 5.73 Å². The Balaban J connectivity index is 2.41. The molecule has 0 aliphatic heterocycles. The lowest BCUT2D eigenvalue weighted by Crippen LogP contribution is -2.48. The lowest BCUT2D eigenvalue weighted by Gasteiger charge is -2.36. The van der Waals surface area contributed by atoms with Crippen LogP contribution in [0.2, 0.25) is 0 Å². The Kier molecular flexibility index (Phi) is 5.59. The summed E-state index contributed by atoms with van der Waals surface area (Å²) in [5, 5.41) is 2.96. The number of hydrogen-bond donors (Lipinski definition) is 2. The summed E-state index contributed by atoms with van der Waals surface area (Å²) in [6.07, 6.45) is 3.76. The van der Waals surface area contributed by atoms with Gasteiger partial charge in [-0.1, -0.05) is 0 Å². The molecule has 0 aromatic heterocycles. The molecule has 0 bridgehead atoms. The highest BCUT2D eigenvalue weighted by Gasteiger charge is 2.27. The first-order valence-corrected chi connectivity index (χ1v) is 6.78. The standard InChI is InChI=1S/C13H25N3O2/c1-4-16(10(3)17)12-7-5-11(6-8-12)15-13(18)9(2)14/h9,11-12H,4-8,14H2,1-3H3,(H,15,18). The van der Waals surface area contributed by atoms with Gasteiger partial charge in [-0.2, -0.15) is 0 Å². The molecule has 1 saturated carbocycles. The molecular weight excluding hydrogens is 230 g/mol. The van der Waals surface area contributed by atoms with Gasteiger partial charge < -0.3 is 16.0 Å². The van der Waals surface area contributed by atoms with Gasteiger partial charge in [-0.25, -0.2) is 0 Å². The summed E-state index contributed by atoms with van der Waals surface area (Å²) in [4.78, 5) is 24.9. The van der Waals surface area contributed by atoms with Crippen molar-refractivity contribution in [1.29, 1.82) is 0 Å². The number of carbonyl (C=O) groups excluding carboxylic acids is 2. The van der Waals surface area contributed by atoms with Crippen LogP contribution in [0.5, 0.6) is 0 Å². The van der Waals surface area contributed by atoms with Crippen molar-refractivity contribution in [3.8, 4) is 0 Å². The molecule has 0 spiro atoms. The first kappa shape index (κ1) is 15.0. The number of rotatable bonds is 4. The number of carbonyl (C=O) groups is 2. The predicted octanol–water partition coefficient (Wildman–Crippen LogP) is 0.629. The van der Waals surface area contributed by atoms with Crippen molar-refractivity contribution in [3.63, 3.8) is 0 Å². The number of hydrogen-bond acceptors (Lipinski definition) is 3. The smallest absolute Gasteiger partial charge is 0.236 e. The average Bonchev–Trinajstić information content (AvgIpc) is 2.31. The summed E-state index contributed by atoms with van der Waals surface area (Å²) in [5.74, 6) is 0.0536. The van der Waals surface area contributed by atoms with Gasteiger partial charge in [-0.3, -0.25) is 9.59 Å². The van der Waals surface area contributed by atoms with Crippen molar-refractivity contribution >= 4 is 11.8 Å². The second-order valence-electron chi connectivity index (χ2n) is 5.11. The highest BCUT2D eigenvalue weighted by molar-refractivity contribution is 5.81. The predicted molar refractivity (Wildman–Crippen MR) is 70.9 cm³/mol. The molecular formula is C13H25N3O2. The quantitative estimate of drug-likeness (QED) is 0.773. The van der Waals surface area contributed by atoms with E-state index in [-0.39, 0.29) is 17.9 Å². The van der Waals surface area contributed by atoms with Gasteiger partial charge in [0.1, 0.15) is 0 Å². The first-order valence-electron chi connectivity index (χ1n) is 6.78. The van der Waals surface area contributed by atoms with Crippen LogP contribution in [0.15, 0.2) is 0 Å². The van der Waals surface area contributed by atoms with E-state index in [2.05, 4.69) is 5.32 Å². The molecule has 0 aromatic rings. The lowest BCUT2D eigenvalue weighted by molar-refractivity contribution is -0.132. The van der Waals surface area contributed by atoms with Crippen molar-refractivity contribution in [2.24, 2.45) is 5.73 Å². The average molecular weight is 255 g/mol. The van der Waals surface area contributed by atoms with Gasteiger partial charge in [-0.15, -0.1) is 0 Å². The fourth-order valence-corrected chi connectivity index (χ4v) is 2.60. The third-order valence-corrected chi connectivity index (χ3v) is 3.64. The Bertz CT molecular complexity index is 297. The van der Waals surface area contributed by atoms with Gasteiger partial charge in [0.15, 0.2) is 0 Å². The minimum Gasteiger partial charge on any atom is -0.352 e. The van der Waals surface area contributed by atoms with Gasteiger partial charge >= 0.3 is 0 Å². The molecule has 1 rings (SSSR count). The number of nitrogens with one attached hydrogen (secondary N) is 1. The fraction of sp³-hybridized carbons (Fsp3) is 0.846. The van der Waals surface area contributed by atoms with Gasteiger partial charge in [0.05, 0.1) is 6.04 Å². The van der Waals surface area contributed by atoms with Crippen LogP contribution in [0.3, 0.4) is 0 Å². The second-order valence-corrected chi connectivity index (χ2v) is 5.11. The van der Waals surface area contributed by atoms with Crippen molar-refractivity contribution < 1.29 is 9.59 Å².